The second-order valence-electron chi connectivity index (χ2n) is 5.17. The Balaban J connectivity index is 2.73. The van der Waals surface area contributed by atoms with Gasteiger partial charge in [0.25, 0.3) is 0 Å². The van der Waals surface area contributed by atoms with Crippen molar-refractivity contribution in [1.82, 2.24) is 10.6 Å². The molecule has 0 saturated heterocycles. The van der Waals surface area contributed by atoms with Gasteiger partial charge < -0.3 is 20.1 Å². The SMILES string of the molecule is CCNC(=NCc1ccc(OC)cc1OC(F)F)NCCCCSC. The lowest BCUT2D eigenvalue weighted by Gasteiger charge is -2.13. The number of guanidine groups is 1. The first-order chi connectivity index (χ1) is 12.1. The third-order valence-electron chi connectivity index (χ3n) is 3.31. The minimum absolute atomic E-state index is 0.0777. The summed E-state index contributed by atoms with van der Waals surface area (Å²) in [5.41, 5.74) is 0.570. The van der Waals surface area contributed by atoms with Gasteiger partial charge >= 0.3 is 6.61 Å². The number of aliphatic imine (C=N–C) groups is 1. The van der Waals surface area contributed by atoms with Crippen LogP contribution >= 0.6 is 11.8 Å². The zero-order valence-corrected chi connectivity index (χ0v) is 15.8. The number of hydrogen-bond acceptors (Lipinski definition) is 4. The van der Waals surface area contributed by atoms with Crippen molar-refractivity contribution in [3.63, 3.8) is 0 Å². The molecular weight excluding hydrogens is 348 g/mol. The van der Waals surface area contributed by atoms with Crippen molar-refractivity contribution in [2.24, 2.45) is 4.99 Å². The first kappa shape index (κ1) is 21.3. The summed E-state index contributed by atoms with van der Waals surface area (Å²) in [5, 5.41) is 6.40. The summed E-state index contributed by atoms with van der Waals surface area (Å²) in [6, 6.07) is 4.83. The number of nitrogens with zero attached hydrogens (tertiary/aromatic N) is 1. The molecule has 25 heavy (non-hydrogen) atoms. The van der Waals surface area contributed by atoms with E-state index in [1.807, 2.05) is 18.7 Å². The second kappa shape index (κ2) is 12.6. The predicted octanol–water partition coefficient (Wildman–Crippen LogP) is 3.49. The molecule has 1 rings (SSSR count). The highest BCUT2D eigenvalue weighted by Gasteiger charge is 2.11. The molecule has 142 valence electrons. The van der Waals surface area contributed by atoms with E-state index in [4.69, 9.17) is 4.74 Å². The summed E-state index contributed by atoms with van der Waals surface area (Å²) in [6.45, 7) is 0.850. The summed E-state index contributed by atoms with van der Waals surface area (Å²) in [4.78, 5) is 4.45. The maximum atomic E-state index is 12.6. The molecule has 0 amide bonds. The van der Waals surface area contributed by atoms with E-state index in [0.29, 0.717) is 17.3 Å². The van der Waals surface area contributed by atoms with E-state index in [1.165, 1.54) is 13.2 Å². The van der Waals surface area contributed by atoms with E-state index < -0.39 is 6.61 Å². The molecule has 1 aromatic carbocycles. The summed E-state index contributed by atoms with van der Waals surface area (Å²) in [5.74, 6) is 2.33. The Morgan fingerprint density at radius 3 is 2.72 bits per heavy atom. The largest absolute Gasteiger partial charge is 0.497 e. The Morgan fingerprint density at radius 1 is 1.28 bits per heavy atom. The molecule has 0 unspecified atom stereocenters. The van der Waals surface area contributed by atoms with Crippen LogP contribution in [-0.4, -0.2) is 44.8 Å². The molecule has 0 aliphatic carbocycles. The highest BCUT2D eigenvalue weighted by Crippen LogP contribution is 2.27. The third kappa shape index (κ3) is 8.81. The zero-order chi connectivity index (χ0) is 18.5. The molecule has 0 heterocycles. The van der Waals surface area contributed by atoms with E-state index in [9.17, 15) is 8.78 Å². The van der Waals surface area contributed by atoms with Gasteiger partial charge in [-0.25, -0.2) is 4.99 Å². The minimum Gasteiger partial charge on any atom is -0.497 e. The van der Waals surface area contributed by atoms with Crippen LogP contribution in [0.2, 0.25) is 0 Å². The molecule has 0 fully saturated rings. The minimum atomic E-state index is -2.89. The quantitative estimate of drug-likeness (QED) is 0.352. The molecule has 0 aliphatic rings. The third-order valence-corrected chi connectivity index (χ3v) is 4.01. The predicted molar refractivity (Wildman–Crippen MR) is 100 cm³/mol. The van der Waals surface area contributed by atoms with Crippen LogP contribution < -0.4 is 20.1 Å². The van der Waals surface area contributed by atoms with Gasteiger partial charge in [-0.2, -0.15) is 20.5 Å². The molecule has 0 radical (unpaired) electrons. The van der Waals surface area contributed by atoms with Crippen LogP contribution in [0.3, 0.4) is 0 Å². The number of nitrogens with one attached hydrogen (secondary N) is 2. The van der Waals surface area contributed by atoms with Crippen LogP contribution in [0, 0.1) is 0 Å². The summed E-state index contributed by atoms with van der Waals surface area (Å²) >= 11 is 1.83. The standard InChI is InChI=1S/C17H27F2N3O2S/c1-4-20-17(21-9-5-6-10-25-3)22-12-13-7-8-14(23-2)11-15(13)24-16(18)19/h7-8,11,16H,4-6,9-10,12H2,1-3H3,(H2,20,21,22). The van der Waals surface area contributed by atoms with Gasteiger partial charge in [-0.3, -0.25) is 0 Å². The molecule has 0 aliphatic heterocycles. The monoisotopic (exact) mass is 375 g/mol. The number of benzene rings is 1. The fourth-order valence-electron chi connectivity index (χ4n) is 2.08. The molecule has 0 saturated carbocycles. The summed E-state index contributed by atoms with van der Waals surface area (Å²) < 4.78 is 34.8. The zero-order valence-electron chi connectivity index (χ0n) is 15.0. The molecule has 1 aromatic rings. The van der Waals surface area contributed by atoms with Gasteiger partial charge in [-0.15, -0.1) is 0 Å². The van der Waals surface area contributed by atoms with Crippen LogP contribution in [0.5, 0.6) is 11.5 Å². The fraction of sp³-hybridized carbons (Fsp3) is 0.588. The average Bonchev–Trinajstić information content (AvgIpc) is 2.59. The molecular formula is C17H27F2N3O2S. The highest BCUT2D eigenvalue weighted by atomic mass is 32.2. The Kier molecular flexibility index (Phi) is 10.8. The average molecular weight is 375 g/mol. The van der Waals surface area contributed by atoms with Gasteiger partial charge in [-0.05, 0) is 43.9 Å². The lowest BCUT2D eigenvalue weighted by atomic mass is 10.2. The number of unbranched alkanes of at least 4 members (excludes halogenated alkanes) is 1. The van der Waals surface area contributed by atoms with E-state index in [1.54, 1.807) is 12.1 Å². The molecule has 8 heteroatoms. The number of thioether (sulfide) groups is 1. The maximum absolute atomic E-state index is 12.6. The Labute approximate surface area is 152 Å². The van der Waals surface area contributed by atoms with Crippen molar-refractivity contribution < 1.29 is 18.3 Å². The molecule has 0 atom stereocenters. The van der Waals surface area contributed by atoms with E-state index in [-0.39, 0.29) is 12.3 Å². The molecule has 0 spiro atoms. The lowest BCUT2D eigenvalue weighted by Crippen LogP contribution is -2.37. The Hall–Kier alpha value is -1.70. The maximum Gasteiger partial charge on any atom is 0.387 e. The molecule has 2 N–H and O–H groups in total. The van der Waals surface area contributed by atoms with Gasteiger partial charge in [0, 0.05) is 24.7 Å². The van der Waals surface area contributed by atoms with E-state index in [0.717, 1.165) is 31.7 Å². The van der Waals surface area contributed by atoms with Crippen molar-refractivity contribution in [2.75, 3.05) is 32.2 Å². The van der Waals surface area contributed by atoms with Crippen molar-refractivity contribution in [1.29, 1.82) is 0 Å². The Morgan fingerprint density at radius 2 is 2.08 bits per heavy atom. The molecule has 5 nitrogen and oxygen atoms in total. The number of methoxy groups -OCH3 is 1. The fourth-order valence-corrected chi connectivity index (χ4v) is 2.58. The van der Waals surface area contributed by atoms with Gasteiger partial charge in [0.05, 0.1) is 13.7 Å². The second-order valence-corrected chi connectivity index (χ2v) is 6.16. The first-order valence-electron chi connectivity index (χ1n) is 8.23. The van der Waals surface area contributed by atoms with Crippen LogP contribution in [0.1, 0.15) is 25.3 Å². The van der Waals surface area contributed by atoms with Gasteiger partial charge in [0.15, 0.2) is 5.96 Å². The number of hydrogen-bond donors (Lipinski definition) is 2. The van der Waals surface area contributed by atoms with E-state index in [2.05, 4.69) is 26.6 Å². The van der Waals surface area contributed by atoms with Crippen LogP contribution in [-0.2, 0) is 6.54 Å². The lowest BCUT2D eigenvalue weighted by molar-refractivity contribution is -0.0505. The number of alkyl halides is 2. The van der Waals surface area contributed by atoms with Gasteiger partial charge in [0.1, 0.15) is 11.5 Å². The first-order valence-corrected chi connectivity index (χ1v) is 9.63. The van der Waals surface area contributed by atoms with Gasteiger partial charge in [0.2, 0.25) is 0 Å². The van der Waals surface area contributed by atoms with Crippen LogP contribution in [0.4, 0.5) is 8.78 Å². The summed E-state index contributed by atoms with van der Waals surface area (Å²) in [7, 11) is 1.48. The highest BCUT2D eigenvalue weighted by molar-refractivity contribution is 7.98. The van der Waals surface area contributed by atoms with Gasteiger partial charge in [-0.1, -0.05) is 0 Å². The van der Waals surface area contributed by atoms with Crippen molar-refractivity contribution in [3.8, 4) is 11.5 Å². The number of halogens is 2. The normalized spacial score (nSPS) is 11.5. The topological polar surface area (TPSA) is 54.9 Å². The van der Waals surface area contributed by atoms with Crippen molar-refractivity contribution in [3.05, 3.63) is 23.8 Å². The smallest absolute Gasteiger partial charge is 0.387 e. The molecule has 0 aromatic heterocycles. The molecule has 0 bridgehead atoms. The number of ether oxygens (including phenoxy) is 2. The van der Waals surface area contributed by atoms with Crippen molar-refractivity contribution >= 4 is 17.7 Å². The number of rotatable bonds is 11. The van der Waals surface area contributed by atoms with E-state index >= 15 is 0 Å². The van der Waals surface area contributed by atoms with Crippen LogP contribution in [0.15, 0.2) is 23.2 Å². The van der Waals surface area contributed by atoms with Crippen molar-refractivity contribution in [2.45, 2.75) is 32.9 Å². The summed E-state index contributed by atoms with van der Waals surface area (Å²) in [6.07, 6.45) is 4.28. The Bertz CT molecular complexity index is 531. The van der Waals surface area contributed by atoms with Crippen LogP contribution in [0.25, 0.3) is 0 Å².